The van der Waals surface area contributed by atoms with E-state index in [0.717, 1.165) is 6.92 Å². The third kappa shape index (κ3) is 4.37. The van der Waals surface area contributed by atoms with Crippen molar-refractivity contribution in [3.05, 3.63) is 35.1 Å². The molecular formula is C17H18F4N2O4. The van der Waals surface area contributed by atoms with Crippen molar-refractivity contribution >= 4 is 17.8 Å². The lowest BCUT2D eigenvalue weighted by Crippen LogP contribution is -2.64. The summed E-state index contributed by atoms with van der Waals surface area (Å²) in [4.78, 5) is 36.1. The van der Waals surface area contributed by atoms with Gasteiger partial charge in [0.1, 0.15) is 17.5 Å². The second kappa shape index (κ2) is 7.53. The van der Waals surface area contributed by atoms with Gasteiger partial charge in [-0.25, -0.2) is 4.39 Å². The van der Waals surface area contributed by atoms with Crippen LogP contribution in [0.4, 0.5) is 17.6 Å². The lowest BCUT2D eigenvalue weighted by molar-refractivity contribution is -0.174. The van der Waals surface area contributed by atoms with Gasteiger partial charge in [0.2, 0.25) is 5.91 Å². The Labute approximate surface area is 152 Å². The van der Waals surface area contributed by atoms with Gasteiger partial charge in [0.25, 0.3) is 5.91 Å². The van der Waals surface area contributed by atoms with E-state index in [0.29, 0.717) is 18.6 Å². The average Bonchev–Trinajstić information content (AvgIpc) is 2.54. The van der Waals surface area contributed by atoms with E-state index in [9.17, 15) is 31.9 Å². The fraction of sp³-hybridized carbons (Fsp3) is 0.471. The molecule has 27 heavy (non-hydrogen) atoms. The van der Waals surface area contributed by atoms with Crippen LogP contribution in [0.5, 0.6) is 0 Å². The Bertz CT molecular complexity index is 760. The second-order valence-electron chi connectivity index (χ2n) is 6.22. The number of benzene rings is 1. The summed E-state index contributed by atoms with van der Waals surface area (Å²) in [5.74, 6) is -3.79. The third-order valence-corrected chi connectivity index (χ3v) is 4.39. The first-order chi connectivity index (χ1) is 12.5. The van der Waals surface area contributed by atoms with Crippen LogP contribution >= 0.6 is 0 Å². The Balaban J connectivity index is 2.38. The van der Waals surface area contributed by atoms with E-state index in [1.807, 2.05) is 0 Å². The lowest BCUT2D eigenvalue weighted by atomic mass is 9.73. The standard InChI is InChI=1S/C17H18F4N2O4/c1-9(24)27-16(6-3-7-16)13(15(26)22-2)23-14(25)11-5-4-10(18)8-12(11)17(19,20)21/h4-5,8,13H,3,6-7H2,1-2H3,(H,22,26)(H,23,25). The molecule has 1 aromatic carbocycles. The number of likely N-dealkylation sites (N-methyl/N-ethyl adjacent to an activating group) is 1. The monoisotopic (exact) mass is 390 g/mol. The maximum atomic E-state index is 13.2. The fourth-order valence-corrected chi connectivity index (χ4v) is 3.00. The number of alkyl halides is 3. The van der Waals surface area contributed by atoms with Gasteiger partial charge in [-0.05, 0) is 37.5 Å². The molecule has 1 unspecified atom stereocenters. The van der Waals surface area contributed by atoms with Crippen molar-refractivity contribution < 1.29 is 36.7 Å². The highest BCUT2D eigenvalue weighted by Crippen LogP contribution is 2.39. The minimum absolute atomic E-state index is 0.203. The SMILES string of the molecule is CNC(=O)C(NC(=O)c1ccc(F)cc1C(F)(F)F)C1(OC(C)=O)CCC1. The molecule has 2 rings (SSSR count). The zero-order chi connectivity index (χ0) is 20.4. The van der Waals surface area contributed by atoms with E-state index in [1.165, 1.54) is 7.05 Å². The molecule has 1 fully saturated rings. The van der Waals surface area contributed by atoms with E-state index < -0.39 is 52.5 Å². The largest absolute Gasteiger partial charge is 0.456 e. The molecule has 1 atom stereocenters. The number of carbonyl (C=O) groups is 3. The molecule has 6 nitrogen and oxygen atoms in total. The quantitative estimate of drug-likeness (QED) is 0.596. The molecule has 0 aliphatic heterocycles. The van der Waals surface area contributed by atoms with Crippen molar-refractivity contribution in [2.75, 3.05) is 7.05 Å². The zero-order valence-electron chi connectivity index (χ0n) is 14.6. The van der Waals surface area contributed by atoms with Crippen LogP contribution in [0.25, 0.3) is 0 Å². The molecule has 0 spiro atoms. The topological polar surface area (TPSA) is 84.5 Å². The number of hydrogen-bond donors (Lipinski definition) is 2. The van der Waals surface area contributed by atoms with E-state index in [1.54, 1.807) is 0 Å². The summed E-state index contributed by atoms with van der Waals surface area (Å²) in [5.41, 5.74) is -3.64. The Morgan fingerprint density at radius 2 is 1.85 bits per heavy atom. The van der Waals surface area contributed by atoms with Gasteiger partial charge >= 0.3 is 12.1 Å². The van der Waals surface area contributed by atoms with Gasteiger partial charge < -0.3 is 15.4 Å². The number of nitrogens with one attached hydrogen (secondary N) is 2. The first kappa shape index (κ1) is 20.7. The zero-order valence-corrected chi connectivity index (χ0v) is 14.6. The summed E-state index contributed by atoms with van der Waals surface area (Å²) in [6, 6.07) is 0.214. The maximum absolute atomic E-state index is 13.2. The van der Waals surface area contributed by atoms with Crippen LogP contribution < -0.4 is 10.6 Å². The normalized spacial score (nSPS) is 16.7. The molecule has 0 aromatic heterocycles. The Kier molecular flexibility index (Phi) is 5.76. The first-order valence-corrected chi connectivity index (χ1v) is 8.09. The minimum atomic E-state index is -4.97. The molecule has 0 saturated heterocycles. The maximum Gasteiger partial charge on any atom is 0.417 e. The summed E-state index contributed by atoms with van der Waals surface area (Å²) >= 11 is 0. The summed E-state index contributed by atoms with van der Waals surface area (Å²) in [6.07, 6.45) is -3.83. The molecule has 0 bridgehead atoms. The van der Waals surface area contributed by atoms with Crippen LogP contribution in [0.1, 0.15) is 42.1 Å². The van der Waals surface area contributed by atoms with E-state index in [-0.39, 0.29) is 18.9 Å². The summed E-state index contributed by atoms with van der Waals surface area (Å²) < 4.78 is 57.9. The van der Waals surface area contributed by atoms with E-state index in [2.05, 4.69) is 10.6 Å². The summed E-state index contributed by atoms with van der Waals surface area (Å²) in [6.45, 7) is 1.13. The van der Waals surface area contributed by atoms with Crippen LogP contribution in [-0.4, -0.2) is 36.5 Å². The fourth-order valence-electron chi connectivity index (χ4n) is 3.00. The molecule has 0 heterocycles. The third-order valence-electron chi connectivity index (χ3n) is 4.39. The van der Waals surface area contributed by atoms with Crippen LogP contribution in [0.3, 0.4) is 0 Å². The first-order valence-electron chi connectivity index (χ1n) is 8.09. The van der Waals surface area contributed by atoms with Crippen molar-refractivity contribution in [1.82, 2.24) is 10.6 Å². The molecule has 1 aromatic rings. The summed E-state index contributed by atoms with van der Waals surface area (Å²) in [7, 11) is 1.28. The number of halogens is 4. The Morgan fingerprint density at radius 3 is 2.30 bits per heavy atom. The highest BCUT2D eigenvalue weighted by atomic mass is 19.4. The molecule has 10 heteroatoms. The molecule has 0 radical (unpaired) electrons. The van der Waals surface area contributed by atoms with E-state index in [4.69, 9.17) is 4.74 Å². The molecule has 1 saturated carbocycles. The minimum Gasteiger partial charge on any atom is -0.456 e. The van der Waals surface area contributed by atoms with Crippen molar-refractivity contribution in [2.24, 2.45) is 0 Å². The number of hydrogen-bond acceptors (Lipinski definition) is 4. The van der Waals surface area contributed by atoms with Crippen molar-refractivity contribution in [3.8, 4) is 0 Å². The van der Waals surface area contributed by atoms with Crippen LogP contribution in [0, 0.1) is 5.82 Å². The van der Waals surface area contributed by atoms with Gasteiger partial charge in [-0.2, -0.15) is 13.2 Å². The van der Waals surface area contributed by atoms with Gasteiger partial charge in [0.15, 0.2) is 0 Å². The molecule has 2 N–H and O–H groups in total. The van der Waals surface area contributed by atoms with Crippen LogP contribution in [0.2, 0.25) is 0 Å². The predicted molar refractivity (Wildman–Crippen MR) is 85.1 cm³/mol. The number of ether oxygens (including phenoxy) is 1. The molecular weight excluding hydrogens is 372 g/mol. The van der Waals surface area contributed by atoms with Gasteiger partial charge in [0, 0.05) is 14.0 Å². The number of carbonyl (C=O) groups excluding carboxylic acids is 3. The van der Waals surface area contributed by atoms with Gasteiger partial charge in [0.05, 0.1) is 11.1 Å². The van der Waals surface area contributed by atoms with Gasteiger partial charge in [-0.15, -0.1) is 0 Å². The smallest absolute Gasteiger partial charge is 0.417 e. The van der Waals surface area contributed by atoms with Crippen LogP contribution in [-0.2, 0) is 20.5 Å². The van der Waals surface area contributed by atoms with Crippen LogP contribution in [0.15, 0.2) is 18.2 Å². The molecule has 148 valence electrons. The highest BCUT2D eigenvalue weighted by Gasteiger charge is 2.51. The van der Waals surface area contributed by atoms with E-state index >= 15 is 0 Å². The molecule has 2 amide bonds. The lowest BCUT2D eigenvalue weighted by Gasteiger charge is -2.45. The summed E-state index contributed by atoms with van der Waals surface area (Å²) in [5, 5.41) is 4.51. The average molecular weight is 390 g/mol. The van der Waals surface area contributed by atoms with Crippen molar-refractivity contribution in [2.45, 2.75) is 44.0 Å². The Hall–Kier alpha value is -2.65. The van der Waals surface area contributed by atoms with Crippen molar-refractivity contribution in [1.29, 1.82) is 0 Å². The molecule has 1 aliphatic carbocycles. The number of esters is 1. The van der Waals surface area contributed by atoms with Crippen molar-refractivity contribution in [3.63, 3.8) is 0 Å². The number of amides is 2. The number of rotatable bonds is 5. The Morgan fingerprint density at radius 1 is 1.22 bits per heavy atom. The predicted octanol–water partition coefficient (Wildman–Crippen LogP) is 2.17. The highest BCUT2D eigenvalue weighted by molar-refractivity contribution is 5.99. The van der Waals surface area contributed by atoms with Gasteiger partial charge in [-0.1, -0.05) is 0 Å². The second-order valence-corrected chi connectivity index (χ2v) is 6.22. The van der Waals surface area contributed by atoms with Gasteiger partial charge in [-0.3, -0.25) is 14.4 Å². The molecule has 1 aliphatic rings.